The molecule has 0 aliphatic rings. The van der Waals surface area contributed by atoms with E-state index in [0.29, 0.717) is 0 Å². The van der Waals surface area contributed by atoms with Crippen molar-refractivity contribution in [1.82, 2.24) is 8.97 Å². The predicted octanol–water partition coefficient (Wildman–Crippen LogP) is 7.69. The molecule has 2 heterocycles. The van der Waals surface area contributed by atoms with E-state index in [4.69, 9.17) is 19.4 Å². The zero-order valence-corrected chi connectivity index (χ0v) is 23.1. The Bertz CT molecular complexity index is 1260. The molecule has 182 valence electrons. The Morgan fingerprint density at radius 1 is 0.971 bits per heavy atom. The zero-order chi connectivity index (χ0) is 24.7. The second-order valence-electron chi connectivity index (χ2n) is 8.02. The molecule has 0 aliphatic carbocycles. The largest absolute Gasteiger partial charge is 0.264 e. The molecule has 0 saturated carbocycles. The van der Waals surface area contributed by atoms with Crippen molar-refractivity contribution < 1.29 is 22.6 Å². The van der Waals surface area contributed by atoms with E-state index in [1.807, 2.05) is 65.9 Å². The van der Waals surface area contributed by atoms with Crippen molar-refractivity contribution in [2.45, 2.75) is 46.6 Å². The van der Waals surface area contributed by atoms with Crippen LogP contribution in [0.15, 0.2) is 73.2 Å². The van der Waals surface area contributed by atoms with Crippen LogP contribution in [-0.4, -0.2) is 24.4 Å². The molecule has 4 rings (SSSR count). The van der Waals surface area contributed by atoms with E-state index < -0.39 is 13.5 Å². The van der Waals surface area contributed by atoms with E-state index in [2.05, 4.69) is 36.8 Å². The van der Waals surface area contributed by atoms with Gasteiger partial charge < -0.3 is 0 Å². The fourth-order valence-corrected chi connectivity index (χ4v) is 5.58. The van der Waals surface area contributed by atoms with Crippen molar-refractivity contribution in [2.24, 2.45) is 0 Å². The minimum Gasteiger partial charge on any atom is -0.206 e. The van der Waals surface area contributed by atoms with E-state index in [1.54, 1.807) is 10.5 Å². The second-order valence-corrected chi connectivity index (χ2v) is 13.7. The van der Waals surface area contributed by atoms with Crippen molar-refractivity contribution in [3.63, 3.8) is 0 Å². The molecule has 0 unspecified atom stereocenters. The smallest absolute Gasteiger partial charge is 0.206 e. The summed E-state index contributed by atoms with van der Waals surface area (Å²) in [6.07, 6.45) is 6.01. The summed E-state index contributed by atoms with van der Waals surface area (Å²) in [4.78, 5) is 0. The van der Waals surface area contributed by atoms with Crippen LogP contribution in [0.1, 0.15) is 44.4 Å². The number of aryl methyl sites for hydroxylation is 2. The number of aromatic nitrogens is 2. The van der Waals surface area contributed by atoms with Crippen LogP contribution in [0.3, 0.4) is 0 Å². The molecular weight excluding hydrogens is 559 g/mol. The molecule has 0 atom stereocenters. The normalized spacial score (nSPS) is 11.2. The molecule has 1 N–H and O–H groups in total. The molecule has 0 saturated heterocycles. The summed E-state index contributed by atoms with van der Waals surface area (Å²) < 4.78 is 23.9. The third-order valence-corrected chi connectivity index (χ3v) is 7.10. The van der Waals surface area contributed by atoms with Gasteiger partial charge >= 0.3 is 97.8 Å². The van der Waals surface area contributed by atoms with Gasteiger partial charge in [0.15, 0.2) is 11.8 Å². The third-order valence-electron chi connectivity index (χ3n) is 5.26. The Balaban J connectivity index is 0.000000204. The quantitative estimate of drug-likeness (QED) is 0.0952. The fraction of sp³-hybridized carbons (Fsp3) is 0.259. The average Bonchev–Trinajstić information content (AvgIpc) is 3.25. The Kier molecular flexibility index (Phi) is 9.82. The molecular formula is C27H31Cl2FN2ORu+2. The van der Waals surface area contributed by atoms with Crippen LogP contribution in [0.25, 0.3) is 11.2 Å². The van der Waals surface area contributed by atoms with Crippen LogP contribution in [0.4, 0.5) is 4.39 Å². The van der Waals surface area contributed by atoms with Crippen LogP contribution < -0.4 is 0 Å². The summed E-state index contributed by atoms with van der Waals surface area (Å²) in [7, 11) is 11.7. The van der Waals surface area contributed by atoms with Crippen molar-refractivity contribution in [3.05, 3.63) is 95.8 Å². The average molecular weight is 591 g/mol. The SMILES string of the molecule is CC(C)[OH+]c1ccccc1[CH]=[Ru]([Cl])[Cl].CCc1cccc(CC)c1-n1cc2cccc(F)n2[cH+]1. The summed E-state index contributed by atoms with van der Waals surface area (Å²) in [6, 6.07) is 19.4. The number of imidazole rings is 1. The number of ether oxygens (including phenoxy) is 1. The number of aliphatic hydroxyl groups is 1. The summed E-state index contributed by atoms with van der Waals surface area (Å²) in [6.45, 7) is 8.39. The molecule has 2 aromatic carbocycles. The van der Waals surface area contributed by atoms with Gasteiger partial charge in [0, 0.05) is 23.3 Å². The van der Waals surface area contributed by atoms with Gasteiger partial charge in [0.1, 0.15) is 11.9 Å². The van der Waals surface area contributed by atoms with Gasteiger partial charge in [-0.15, -0.1) is 4.39 Å². The molecule has 0 bridgehead atoms. The Morgan fingerprint density at radius 3 is 2.21 bits per heavy atom. The Labute approximate surface area is 214 Å². The molecule has 3 nitrogen and oxygen atoms in total. The van der Waals surface area contributed by atoms with Crippen LogP contribution in [0, 0.1) is 5.95 Å². The molecule has 4 aromatic rings. The number of fused-ring (bicyclic) bond motifs is 1. The maximum absolute atomic E-state index is 13.8. The monoisotopic (exact) mass is 590 g/mol. The zero-order valence-electron chi connectivity index (χ0n) is 19.8. The minimum atomic E-state index is -1.75. The van der Waals surface area contributed by atoms with Crippen molar-refractivity contribution in [1.29, 1.82) is 0 Å². The number of benzene rings is 2. The fourth-order valence-electron chi connectivity index (χ4n) is 3.76. The van der Waals surface area contributed by atoms with Gasteiger partial charge in [0.25, 0.3) is 5.95 Å². The number of para-hydroxylation sites is 2. The number of halogens is 3. The van der Waals surface area contributed by atoms with Gasteiger partial charge in [-0.25, -0.2) is 4.57 Å². The maximum atomic E-state index is 13.8. The van der Waals surface area contributed by atoms with E-state index in [0.717, 1.165) is 29.7 Å². The molecule has 0 radical (unpaired) electrons. The van der Waals surface area contributed by atoms with Crippen LogP contribution >= 0.6 is 19.4 Å². The number of hydrogen-bond donors (Lipinski definition) is 0. The first-order chi connectivity index (χ1) is 16.3. The van der Waals surface area contributed by atoms with Crippen LogP contribution in [0.5, 0.6) is 5.75 Å². The number of aromatic hydroxyl groups is 1. The molecule has 0 fully saturated rings. The van der Waals surface area contributed by atoms with Crippen molar-refractivity contribution in [2.75, 3.05) is 0 Å². The molecule has 0 amide bonds. The first-order valence-corrected chi connectivity index (χ1v) is 16.7. The van der Waals surface area contributed by atoms with Gasteiger partial charge in [0.05, 0.1) is 0 Å². The van der Waals surface area contributed by atoms with E-state index >= 15 is 0 Å². The number of pyridine rings is 1. The van der Waals surface area contributed by atoms with E-state index in [9.17, 15) is 4.39 Å². The van der Waals surface area contributed by atoms with E-state index in [-0.39, 0.29) is 12.1 Å². The standard InChI is InChI=1S/C17H18FN2.C10H12O.2ClH.Ru/c1-3-13-7-5-8-14(4-2)17(13)19-11-15-9-6-10-16(18)20(15)12-19;1-8(2)11-10-7-5-4-6-9(10)3;;;/h5-12H,3-4H2,1-2H3;3-8H,1-2H3;2*1H;/q+1;;;;+2/p-1. The molecule has 0 aliphatic heterocycles. The minimum absolute atomic E-state index is 0.242. The summed E-state index contributed by atoms with van der Waals surface area (Å²) in [5.74, 6) is 0.732. The first-order valence-electron chi connectivity index (χ1n) is 11.3. The molecule has 2 aromatic heterocycles. The summed E-state index contributed by atoms with van der Waals surface area (Å²) >= 11 is -1.75. The van der Waals surface area contributed by atoms with Gasteiger partial charge in [-0.1, -0.05) is 19.9 Å². The second kappa shape index (κ2) is 12.6. The van der Waals surface area contributed by atoms with Crippen molar-refractivity contribution in [3.8, 4) is 11.4 Å². The summed E-state index contributed by atoms with van der Waals surface area (Å²) in [5, 5.41) is 0. The van der Waals surface area contributed by atoms with Gasteiger partial charge in [-0.05, 0) is 31.0 Å². The van der Waals surface area contributed by atoms with Gasteiger partial charge in [-0.2, -0.15) is 4.40 Å². The first kappa shape index (κ1) is 26.5. The topological polar surface area (TPSA) is 22.1 Å². The maximum Gasteiger partial charge on any atom is 0.264 e. The Morgan fingerprint density at radius 2 is 1.62 bits per heavy atom. The van der Waals surface area contributed by atoms with Crippen molar-refractivity contribution >= 4 is 29.5 Å². The summed E-state index contributed by atoms with van der Waals surface area (Å²) in [5.41, 5.74) is 5.65. The van der Waals surface area contributed by atoms with Crippen LogP contribution in [-0.2, 0) is 26.4 Å². The number of rotatable bonds is 6. The predicted molar refractivity (Wildman–Crippen MR) is 140 cm³/mol. The third kappa shape index (κ3) is 6.75. The number of nitrogens with zero attached hydrogens (tertiary/aromatic N) is 2. The van der Waals surface area contributed by atoms with Gasteiger partial charge in [-0.3, -0.25) is 0 Å². The molecule has 7 heteroatoms. The molecule has 0 spiro atoms. The molecule has 34 heavy (non-hydrogen) atoms. The van der Waals surface area contributed by atoms with Gasteiger partial charge in [0.2, 0.25) is 0 Å². The Hall–Kier alpha value is -2.07. The number of hydrogen-bond acceptors (Lipinski definition) is 0. The van der Waals surface area contributed by atoms with Crippen LogP contribution in [0.2, 0.25) is 0 Å². The van der Waals surface area contributed by atoms with E-state index in [1.165, 1.54) is 22.9 Å².